The van der Waals surface area contributed by atoms with Gasteiger partial charge in [0.15, 0.2) is 0 Å². The molecule has 1 N–H and O–H groups in total. The van der Waals surface area contributed by atoms with Crippen LogP contribution in [0.4, 0.5) is 0 Å². The van der Waals surface area contributed by atoms with Crippen LogP contribution in [0.1, 0.15) is 13.8 Å². The van der Waals surface area contributed by atoms with Gasteiger partial charge in [-0.05, 0) is 18.1 Å². The second-order valence-electron chi connectivity index (χ2n) is 4.42. The molecule has 1 rings (SSSR count). The van der Waals surface area contributed by atoms with Crippen LogP contribution < -0.4 is 4.72 Å². The fourth-order valence-corrected chi connectivity index (χ4v) is 4.03. The molecule has 5 nitrogen and oxygen atoms in total. The lowest BCUT2D eigenvalue weighted by molar-refractivity contribution is -0.143. The molecule has 1 aromatic rings. The summed E-state index contributed by atoms with van der Waals surface area (Å²) in [6.07, 6.45) is 0. The maximum atomic E-state index is 12.3. The number of rotatable bonds is 5. The molecule has 0 bridgehead atoms. The molecule has 112 valence electrons. The van der Waals surface area contributed by atoms with Crippen molar-refractivity contribution in [3.8, 4) is 0 Å². The van der Waals surface area contributed by atoms with E-state index in [0.29, 0.717) is 0 Å². The molecule has 0 saturated heterocycles. The molecule has 0 aromatic heterocycles. The van der Waals surface area contributed by atoms with Gasteiger partial charge in [0.1, 0.15) is 10.9 Å². The fourth-order valence-electron chi connectivity index (χ4n) is 1.55. The molecular formula is C12H15Cl2NO4S. The Hall–Kier alpha value is -0.820. The van der Waals surface area contributed by atoms with Crippen molar-refractivity contribution in [1.29, 1.82) is 0 Å². The number of nitrogens with one attached hydrogen (secondary N) is 1. The van der Waals surface area contributed by atoms with Crippen molar-refractivity contribution in [2.75, 3.05) is 7.11 Å². The Bertz CT molecular complexity index is 581. The lowest BCUT2D eigenvalue weighted by atomic mass is 10.1. The normalized spacial score (nSPS) is 13.3. The molecule has 20 heavy (non-hydrogen) atoms. The van der Waals surface area contributed by atoms with Crippen molar-refractivity contribution in [3.05, 3.63) is 28.2 Å². The quantitative estimate of drug-likeness (QED) is 0.836. The summed E-state index contributed by atoms with van der Waals surface area (Å²) in [6.45, 7) is 3.39. The number of hydrogen-bond donors (Lipinski definition) is 1. The molecule has 0 aliphatic carbocycles. The molecule has 1 unspecified atom stereocenters. The van der Waals surface area contributed by atoms with Gasteiger partial charge < -0.3 is 4.74 Å². The molecule has 0 aliphatic heterocycles. The van der Waals surface area contributed by atoms with Crippen molar-refractivity contribution in [2.24, 2.45) is 5.92 Å². The molecule has 0 spiro atoms. The topological polar surface area (TPSA) is 72.5 Å². The number of sulfonamides is 1. The van der Waals surface area contributed by atoms with Gasteiger partial charge in [-0.2, -0.15) is 4.72 Å². The van der Waals surface area contributed by atoms with Crippen molar-refractivity contribution < 1.29 is 17.9 Å². The Morgan fingerprint density at radius 3 is 2.15 bits per heavy atom. The Kier molecular flexibility index (Phi) is 5.82. The van der Waals surface area contributed by atoms with Gasteiger partial charge in [-0.1, -0.05) is 43.1 Å². The predicted octanol–water partition coefficient (Wildman–Crippen LogP) is 2.47. The van der Waals surface area contributed by atoms with Crippen LogP contribution in [0, 0.1) is 5.92 Å². The summed E-state index contributed by atoms with van der Waals surface area (Å²) in [6, 6.07) is 3.33. The van der Waals surface area contributed by atoms with Gasteiger partial charge >= 0.3 is 5.97 Å². The Balaban J connectivity index is 3.20. The van der Waals surface area contributed by atoms with Gasteiger partial charge in [0.05, 0.1) is 17.2 Å². The third kappa shape index (κ3) is 3.85. The van der Waals surface area contributed by atoms with Crippen molar-refractivity contribution in [2.45, 2.75) is 24.8 Å². The SMILES string of the molecule is COC(=O)C(NS(=O)(=O)c1c(Cl)cccc1Cl)C(C)C. The van der Waals surface area contributed by atoms with Crippen LogP contribution in [-0.2, 0) is 19.6 Å². The van der Waals surface area contributed by atoms with Gasteiger partial charge in [-0.25, -0.2) is 8.42 Å². The fraction of sp³-hybridized carbons (Fsp3) is 0.417. The van der Waals surface area contributed by atoms with Crippen molar-refractivity contribution in [1.82, 2.24) is 4.72 Å². The highest BCUT2D eigenvalue weighted by molar-refractivity contribution is 7.89. The predicted molar refractivity (Wildman–Crippen MR) is 77.4 cm³/mol. The van der Waals surface area contributed by atoms with Gasteiger partial charge in [0, 0.05) is 0 Å². The molecule has 1 aromatic carbocycles. The van der Waals surface area contributed by atoms with E-state index in [4.69, 9.17) is 23.2 Å². The van der Waals surface area contributed by atoms with E-state index in [2.05, 4.69) is 9.46 Å². The van der Waals surface area contributed by atoms with E-state index in [-0.39, 0.29) is 20.9 Å². The zero-order valence-corrected chi connectivity index (χ0v) is 13.5. The average Bonchev–Trinajstić information content (AvgIpc) is 2.34. The van der Waals surface area contributed by atoms with Crippen LogP contribution in [0.25, 0.3) is 0 Å². The second-order valence-corrected chi connectivity index (χ2v) is 6.88. The highest BCUT2D eigenvalue weighted by Crippen LogP contribution is 2.29. The number of carbonyl (C=O) groups excluding carboxylic acids is 1. The Morgan fingerprint density at radius 2 is 1.75 bits per heavy atom. The smallest absolute Gasteiger partial charge is 0.324 e. The molecular weight excluding hydrogens is 325 g/mol. The lowest BCUT2D eigenvalue weighted by Crippen LogP contribution is -2.45. The summed E-state index contributed by atoms with van der Waals surface area (Å²) < 4.78 is 31.5. The number of methoxy groups -OCH3 is 1. The van der Waals surface area contributed by atoms with E-state index in [1.165, 1.54) is 25.3 Å². The van der Waals surface area contributed by atoms with E-state index < -0.39 is 22.0 Å². The van der Waals surface area contributed by atoms with Gasteiger partial charge in [0.25, 0.3) is 0 Å². The molecule has 8 heteroatoms. The first-order chi connectivity index (χ1) is 9.20. The first kappa shape index (κ1) is 17.2. The summed E-state index contributed by atoms with van der Waals surface area (Å²) in [5.41, 5.74) is 0. The number of esters is 1. The van der Waals surface area contributed by atoms with Crippen LogP contribution >= 0.6 is 23.2 Å². The molecule has 0 radical (unpaired) electrons. The first-order valence-corrected chi connectivity index (χ1v) is 7.98. The van der Waals surface area contributed by atoms with Gasteiger partial charge in [-0.15, -0.1) is 0 Å². The van der Waals surface area contributed by atoms with E-state index in [0.717, 1.165) is 0 Å². The average molecular weight is 340 g/mol. The number of halogens is 2. The second kappa shape index (κ2) is 6.76. The van der Waals surface area contributed by atoms with Crippen LogP contribution in [0.3, 0.4) is 0 Å². The summed E-state index contributed by atoms with van der Waals surface area (Å²) in [5, 5.41) is -0.0326. The lowest BCUT2D eigenvalue weighted by Gasteiger charge is -2.20. The van der Waals surface area contributed by atoms with E-state index in [1.54, 1.807) is 13.8 Å². The molecule has 0 aliphatic rings. The monoisotopic (exact) mass is 339 g/mol. The number of carbonyl (C=O) groups is 1. The number of ether oxygens (including phenoxy) is 1. The Morgan fingerprint density at radius 1 is 1.25 bits per heavy atom. The molecule has 1 atom stereocenters. The van der Waals surface area contributed by atoms with Crippen LogP contribution in [-0.4, -0.2) is 27.5 Å². The largest absolute Gasteiger partial charge is 0.468 e. The Labute approximate surface area is 128 Å². The maximum Gasteiger partial charge on any atom is 0.324 e. The maximum absolute atomic E-state index is 12.3. The standard InChI is InChI=1S/C12H15Cl2NO4S/c1-7(2)10(12(16)19-3)15-20(17,18)11-8(13)5-4-6-9(11)14/h4-7,10,15H,1-3H3. The highest BCUT2D eigenvalue weighted by atomic mass is 35.5. The molecule has 0 fully saturated rings. The van der Waals surface area contributed by atoms with E-state index in [9.17, 15) is 13.2 Å². The van der Waals surface area contributed by atoms with E-state index in [1.807, 2.05) is 0 Å². The minimum atomic E-state index is -4.04. The summed E-state index contributed by atoms with van der Waals surface area (Å²) >= 11 is 11.7. The van der Waals surface area contributed by atoms with Crippen LogP contribution in [0.5, 0.6) is 0 Å². The molecule has 0 heterocycles. The minimum absolute atomic E-state index is 0.0163. The first-order valence-electron chi connectivity index (χ1n) is 5.75. The minimum Gasteiger partial charge on any atom is -0.468 e. The third-order valence-electron chi connectivity index (χ3n) is 2.59. The van der Waals surface area contributed by atoms with Gasteiger partial charge in [-0.3, -0.25) is 4.79 Å². The van der Waals surface area contributed by atoms with Crippen LogP contribution in [0.15, 0.2) is 23.1 Å². The van der Waals surface area contributed by atoms with E-state index >= 15 is 0 Å². The zero-order chi connectivity index (χ0) is 15.5. The number of benzene rings is 1. The van der Waals surface area contributed by atoms with Crippen LogP contribution in [0.2, 0.25) is 10.0 Å². The summed E-state index contributed by atoms with van der Waals surface area (Å²) in [5.74, 6) is -0.967. The number of hydrogen-bond acceptors (Lipinski definition) is 4. The summed E-state index contributed by atoms with van der Waals surface area (Å²) in [4.78, 5) is 11.4. The third-order valence-corrected chi connectivity index (χ3v) is 4.99. The highest BCUT2D eigenvalue weighted by Gasteiger charge is 2.31. The zero-order valence-electron chi connectivity index (χ0n) is 11.2. The van der Waals surface area contributed by atoms with Crippen molar-refractivity contribution in [3.63, 3.8) is 0 Å². The van der Waals surface area contributed by atoms with Gasteiger partial charge in [0.2, 0.25) is 10.0 Å². The van der Waals surface area contributed by atoms with Crippen molar-refractivity contribution >= 4 is 39.2 Å². The summed E-state index contributed by atoms with van der Waals surface area (Å²) in [7, 11) is -2.85. The molecule has 0 saturated carbocycles. The molecule has 0 amide bonds.